The van der Waals surface area contributed by atoms with Crippen LogP contribution in [0.2, 0.25) is 5.02 Å². The van der Waals surface area contributed by atoms with Crippen molar-refractivity contribution in [3.8, 4) is 11.5 Å². The Kier molecular flexibility index (Phi) is 4.57. The minimum Gasteiger partial charge on any atom is -0.497 e. The first-order chi connectivity index (χ1) is 11.1. The Morgan fingerprint density at radius 1 is 1.26 bits per heavy atom. The number of carbonyl (C=O) groups is 1. The molecule has 2 N–H and O–H groups in total. The molecule has 1 aliphatic heterocycles. The maximum Gasteiger partial charge on any atom is 0.319 e. The molecular formula is C17H17ClN2O3. The Labute approximate surface area is 139 Å². The molecule has 1 atom stereocenters. The Balaban J connectivity index is 1.60. The first-order valence-corrected chi connectivity index (χ1v) is 7.64. The molecular weight excluding hydrogens is 316 g/mol. The third-order valence-corrected chi connectivity index (χ3v) is 3.86. The number of rotatable bonds is 3. The highest BCUT2D eigenvalue weighted by Crippen LogP contribution is 2.28. The second-order valence-corrected chi connectivity index (χ2v) is 5.73. The van der Waals surface area contributed by atoms with Crippen molar-refractivity contribution in [2.45, 2.75) is 12.5 Å². The van der Waals surface area contributed by atoms with E-state index >= 15 is 0 Å². The summed E-state index contributed by atoms with van der Waals surface area (Å²) in [6.07, 6.45) is 0.695. The average molecular weight is 333 g/mol. The van der Waals surface area contributed by atoms with Gasteiger partial charge in [0.25, 0.3) is 0 Å². The van der Waals surface area contributed by atoms with Gasteiger partial charge in [0.2, 0.25) is 0 Å². The van der Waals surface area contributed by atoms with Crippen molar-refractivity contribution in [1.29, 1.82) is 0 Å². The second-order valence-electron chi connectivity index (χ2n) is 5.29. The molecule has 2 amide bonds. The van der Waals surface area contributed by atoms with Gasteiger partial charge in [-0.15, -0.1) is 0 Å². The predicted molar refractivity (Wildman–Crippen MR) is 89.6 cm³/mol. The van der Waals surface area contributed by atoms with Gasteiger partial charge in [-0.05, 0) is 54.4 Å². The van der Waals surface area contributed by atoms with Gasteiger partial charge in [0.05, 0.1) is 13.2 Å². The van der Waals surface area contributed by atoms with E-state index in [1.807, 2.05) is 18.2 Å². The van der Waals surface area contributed by atoms with Gasteiger partial charge in [-0.1, -0.05) is 11.6 Å². The van der Waals surface area contributed by atoms with Gasteiger partial charge in [-0.3, -0.25) is 0 Å². The summed E-state index contributed by atoms with van der Waals surface area (Å²) < 4.78 is 10.9. The molecule has 5 nitrogen and oxygen atoms in total. The smallest absolute Gasteiger partial charge is 0.319 e. The summed E-state index contributed by atoms with van der Waals surface area (Å²) in [6, 6.07) is 12.3. The minimum atomic E-state index is -0.271. The standard InChI is InChI=1S/C17H17ClN2O3/c1-22-15-6-7-16-11(9-15)8-14(10-23-16)20-17(21)19-13-4-2-12(18)3-5-13/h2-7,9,14H,8,10H2,1H3,(H2,19,20,21)/t14-/m1/s1. The highest BCUT2D eigenvalue weighted by Gasteiger charge is 2.22. The van der Waals surface area contributed by atoms with Crippen LogP contribution in [0.5, 0.6) is 11.5 Å². The van der Waals surface area contributed by atoms with Crippen molar-refractivity contribution in [1.82, 2.24) is 5.32 Å². The molecule has 0 radical (unpaired) electrons. The third kappa shape index (κ3) is 3.87. The summed E-state index contributed by atoms with van der Waals surface area (Å²) in [5.41, 5.74) is 1.71. The monoisotopic (exact) mass is 332 g/mol. The zero-order valence-electron chi connectivity index (χ0n) is 12.6. The first kappa shape index (κ1) is 15.5. The van der Waals surface area contributed by atoms with Gasteiger partial charge in [0.15, 0.2) is 0 Å². The van der Waals surface area contributed by atoms with Crippen LogP contribution in [0.4, 0.5) is 10.5 Å². The number of nitrogens with one attached hydrogen (secondary N) is 2. The predicted octanol–water partition coefficient (Wildman–Crippen LogP) is 3.47. The summed E-state index contributed by atoms with van der Waals surface area (Å²) in [5, 5.41) is 6.31. The molecule has 1 heterocycles. The normalized spacial score (nSPS) is 16.0. The summed E-state index contributed by atoms with van der Waals surface area (Å²) in [7, 11) is 1.63. The molecule has 1 aliphatic rings. The van der Waals surface area contributed by atoms with Crippen LogP contribution in [-0.2, 0) is 6.42 Å². The Bertz CT molecular complexity index is 703. The van der Waals surface area contributed by atoms with E-state index < -0.39 is 0 Å². The van der Waals surface area contributed by atoms with Crippen LogP contribution in [0.15, 0.2) is 42.5 Å². The minimum absolute atomic E-state index is 0.0955. The summed E-state index contributed by atoms with van der Waals surface area (Å²) in [5.74, 6) is 1.61. The van der Waals surface area contributed by atoms with Crippen LogP contribution in [0.3, 0.4) is 0 Å². The van der Waals surface area contributed by atoms with Crippen LogP contribution in [-0.4, -0.2) is 25.8 Å². The lowest BCUT2D eigenvalue weighted by Gasteiger charge is -2.26. The van der Waals surface area contributed by atoms with Gasteiger partial charge < -0.3 is 20.1 Å². The van der Waals surface area contributed by atoms with E-state index in [1.54, 1.807) is 31.4 Å². The summed E-state index contributed by atoms with van der Waals surface area (Å²) in [6.45, 7) is 0.438. The van der Waals surface area contributed by atoms with Crippen LogP contribution >= 0.6 is 11.6 Å². The number of ether oxygens (including phenoxy) is 2. The number of fused-ring (bicyclic) bond motifs is 1. The first-order valence-electron chi connectivity index (χ1n) is 7.27. The molecule has 2 aromatic carbocycles. The molecule has 0 fully saturated rings. The van der Waals surface area contributed by atoms with Crippen LogP contribution in [0, 0.1) is 0 Å². The second kappa shape index (κ2) is 6.79. The highest BCUT2D eigenvalue weighted by atomic mass is 35.5. The molecule has 120 valence electrons. The number of halogens is 1. The maximum absolute atomic E-state index is 12.1. The third-order valence-electron chi connectivity index (χ3n) is 3.61. The van der Waals surface area contributed by atoms with Crippen molar-refractivity contribution in [3.63, 3.8) is 0 Å². The van der Waals surface area contributed by atoms with E-state index in [1.165, 1.54) is 0 Å². The molecule has 3 rings (SSSR count). The van der Waals surface area contributed by atoms with Crippen LogP contribution in [0.1, 0.15) is 5.56 Å². The Hall–Kier alpha value is -2.40. The number of anilines is 1. The molecule has 0 aliphatic carbocycles. The maximum atomic E-state index is 12.1. The summed E-state index contributed by atoms with van der Waals surface area (Å²) >= 11 is 5.82. The number of hydrogen-bond acceptors (Lipinski definition) is 3. The van der Waals surface area contributed by atoms with E-state index in [0.717, 1.165) is 17.1 Å². The molecule has 0 saturated carbocycles. The topological polar surface area (TPSA) is 59.6 Å². The number of methoxy groups -OCH3 is 1. The Morgan fingerprint density at radius 3 is 2.78 bits per heavy atom. The van der Waals surface area contributed by atoms with Gasteiger partial charge in [0.1, 0.15) is 18.1 Å². The molecule has 6 heteroatoms. The molecule has 0 unspecified atom stereocenters. The lowest BCUT2D eigenvalue weighted by Crippen LogP contribution is -2.44. The van der Waals surface area contributed by atoms with Crippen LogP contribution in [0.25, 0.3) is 0 Å². The number of amides is 2. The number of urea groups is 1. The molecule has 23 heavy (non-hydrogen) atoms. The van der Waals surface area contributed by atoms with Gasteiger partial charge in [-0.25, -0.2) is 4.79 Å². The van der Waals surface area contributed by atoms with Gasteiger partial charge in [-0.2, -0.15) is 0 Å². The zero-order valence-corrected chi connectivity index (χ0v) is 13.4. The van der Waals surface area contributed by atoms with E-state index in [4.69, 9.17) is 21.1 Å². The molecule has 0 aromatic heterocycles. The van der Waals surface area contributed by atoms with E-state index in [9.17, 15) is 4.79 Å². The highest BCUT2D eigenvalue weighted by molar-refractivity contribution is 6.30. The van der Waals surface area contributed by atoms with Gasteiger partial charge >= 0.3 is 6.03 Å². The van der Waals surface area contributed by atoms with Crippen molar-refractivity contribution in [2.24, 2.45) is 0 Å². The summed E-state index contributed by atoms with van der Waals surface area (Å²) in [4.78, 5) is 12.1. The number of hydrogen-bond donors (Lipinski definition) is 2. The molecule has 0 bridgehead atoms. The zero-order chi connectivity index (χ0) is 16.2. The lowest BCUT2D eigenvalue weighted by atomic mass is 10.0. The molecule has 0 spiro atoms. The van der Waals surface area contributed by atoms with Crippen molar-refractivity contribution in [3.05, 3.63) is 53.1 Å². The van der Waals surface area contributed by atoms with E-state index in [-0.39, 0.29) is 12.1 Å². The van der Waals surface area contributed by atoms with Crippen molar-refractivity contribution < 1.29 is 14.3 Å². The number of benzene rings is 2. The largest absolute Gasteiger partial charge is 0.497 e. The van der Waals surface area contributed by atoms with Crippen molar-refractivity contribution >= 4 is 23.3 Å². The lowest BCUT2D eigenvalue weighted by molar-refractivity contribution is 0.222. The average Bonchev–Trinajstić information content (AvgIpc) is 2.56. The van der Waals surface area contributed by atoms with Crippen LogP contribution < -0.4 is 20.1 Å². The fourth-order valence-corrected chi connectivity index (χ4v) is 2.60. The van der Waals surface area contributed by atoms with E-state index in [2.05, 4.69) is 10.6 Å². The van der Waals surface area contributed by atoms with E-state index in [0.29, 0.717) is 23.7 Å². The molecule has 0 saturated heterocycles. The SMILES string of the molecule is COc1ccc2c(c1)C[C@@H](NC(=O)Nc1ccc(Cl)cc1)CO2. The number of carbonyl (C=O) groups excluding carboxylic acids is 1. The van der Waals surface area contributed by atoms with Crippen molar-refractivity contribution in [2.75, 3.05) is 19.0 Å². The molecule has 2 aromatic rings. The quantitative estimate of drug-likeness (QED) is 0.904. The fourth-order valence-electron chi connectivity index (χ4n) is 2.48. The van der Waals surface area contributed by atoms with Gasteiger partial charge in [0, 0.05) is 10.7 Å². The Morgan fingerprint density at radius 2 is 2.04 bits per heavy atom. The fraction of sp³-hybridized carbons (Fsp3) is 0.235.